The zero-order valence-electron chi connectivity index (χ0n) is 12.5. The molecule has 1 aromatic rings. The molecule has 2 N–H and O–H groups in total. The SMILES string of the molecule is CCNCc1cc(S(=O)(=O)NC2CC(C)C2)cn1CC. The van der Waals surface area contributed by atoms with Gasteiger partial charge >= 0.3 is 0 Å². The number of sulfonamides is 1. The van der Waals surface area contributed by atoms with E-state index in [9.17, 15) is 8.42 Å². The molecule has 0 radical (unpaired) electrons. The molecule has 20 heavy (non-hydrogen) atoms. The average Bonchev–Trinajstić information content (AvgIpc) is 2.78. The predicted octanol–water partition coefficient (Wildman–Crippen LogP) is 1.69. The number of aryl methyl sites for hydroxylation is 1. The maximum atomic E-state index is 12.4. The maximum absolute atomic E-state index is 12.4. The molecule has 1 aliphatic rings. The van der Waals surface area contributed by atoms with E-state index in [4.69, 9.17) is 0 Å². The van der Waals surface area contributed by atoms with E-state index < -0.39 is 10.0 Å². The molecule has 1 saturated carbocycles. The van der Waals surface area contributed by atoms with Crippen LogP contribution < -0.4 is 10.0 Å². The van der Waals surface area contributed by atoms with Gasteiger partial charge in [-0.1, -0.05) is 13.8 Å². The molecular formula is C14H25N3O2S. The Kier molecular flexibility index (Phi) is 4.88. The van der Waals surface area contributed by atoms with Gasteiger partial charge < -0.3 is 9.88 Å². The minimum absolute atomic E-state index is 0.109. The third kappa shape index (κ3) is 3.42. The van der Waals surface area contributed by atoms with Gasteiger partial charge in [-0.05, 0) is 38.3 Å². The first-order valence-corrected chi connectivity index (χ1v) is 8.86. The lowest BCUT2D eigenvalue weighted by atomic mass is 9.83. The lowest BCUT2D eigenvalue weighted by Gasteiger charge is -2.32. The Morgan fingerprint density at radius 1 is 1.35 bits per heavy atom. The number of hydrogen-bond donors (Lipinski definition) is 2. The van der Waals surface area contributed by atoms with E-state index in [1.165, 1.54) is 0 Å². The zero-order chi connectivity index (χ0) is 14.8. The van der Waals surface area contributed by atoms with Crippen LogP contribution in [0.1, 0.15) is 39.3 Å². The number of hydrogen-bond acceptors (Lipinski definition) is 3. The zero-order valence-corrected chi connectivity index (χ0v) is 13.3. The van der Waals surface area contributed by atoms with Gasteiger partial charge in [0.05, 0.1) is 4.90 Å². The van der Waals surface area contributed by atoms with Crippen molar-refractivity contribution in [2.24, 2.45) is 5.92 Å². The van der Waals surface area contributed by atoms with Crippen LogP contribution in [0.2, 0.25) is 0 Å². The second-order valence-electron chi connectivity index (χ2n) is 5.63. The summed E-state index contributed by atoms with van der Waals surface area (Å²) in [7, 11) is -3.38. The van der Waals surface area contributed by atoms with E-state index in [2.05, 4.69) is 17.0 Å². The fourth-order valence-electron chi connectivity index (χ4n) is 2.65. The number of nitrogens with zero attached hydrogens (tertiary/aromatic N) is 1. The standard InChI is InChI=1S/C14H25N3O2S/c1-4-15-9-13-8-14(10-17(13)5-2)20(18,19)16-12-6-11(3)7-12/h8,10-12,15-16H,4-7,9H2,1-3H3. The molecular weight excluding hydrogens is 274 g/mol. The fraction of sp³-hybridized carbons (Fsp3) is 0.714. The highest BCUT2D eigenvalue weighted by molar-refractivity contribution is 7.89. The van der Waals surface area contributed by atoms with Crippen molar-refractivity contribution < 1.29 is 8.42 Å². The van der Waals surface area contributed by atoms with Gasteiger partial charge in [-0.2, -0.15) is 0 Å². The van der Waals surface area contributed by atoms with E-state index in [1.807, 2.05) is 18.4 Å². The first-order valence-electron chi connectivity index (χ1n) is 7.38. The highest BCUT2D eigenvalue weighted by Crippen LogP contribution is 2.28. The summed E-state index contributed by atoms with van der Waals surface area (Å²) in [5.41, 5.74) is 1.01. The molecule has 1 fully saturated rings. The third-order valence-electron chi connectivity index (χ3n) is 3.86. The summed E-state index contributed by atoms with van der Waals surface area (Å²) in [6, 6.07) is 1.88. The van der Waals surface area contributed by atoms with Gasteiger partial charge in [0, 0.05) is 31.0 Å². The van der Waals surface area contributed by atoms with Crippen molar-refractivity contribution in [2.75, 3.05) is 6.54 Å². The number of rotatable bonds is 7. The summed E-state index contributed by atoms with van der Waals surface area (Å²) in [6.45, 7) is 8.54. The minimum atomic E-state index is -3.38. The van der Waals surface area contributed by atoms with Crippen LogP contribution in [-0.2, 0) is 23.1 Å². The maximum Gasteiger partial charge on any atom is 0.242 e. The molecule has 0 spiro atoms. The van der Waals surface area contributed by atoms with Crippen LogP contribution in [0, 0.1) is 5.92 Å². The molecule has 0 aromatic carbocycles. The van der Waals surface area contributed by atoms with Crippen LogP contribution in [-0.4, -0.2) is 25.6 Å². The van der Waals surface area contributed by atoms with E-state index in [1.54, 1.807) is 12.3 Å². The topological polar surface area (TPSA) is 63.1 Å². The summed E-state index contributed by atoms with van der Waals surface area (Å²) >= 11 is 0. The minimum Gasteiger partial charge on any atom is -0.349 e. The molecule has 0 saturated heterocycles. The monoisotopic (exact) mass is 299 g/mol. The molecule has 1 aromatic heterocycles. The highest BCUT2D eigenvalue weighted by Gasteiger charge is 2.30. The third-order valence-corrected chi connectivity index (χ3v) is 5.35. The lowest BCUT2D eigenvalue weighted by molar-refractivity contribution is 0.270. The normalized spacial score (nSPS) is 22.8. The Labute approximate surface area is 121 Å². The molecule has 0 amide bonds. The second-order valence-corrected chi connectivity index (χ2v) is 7.34. The van der Waals surface area contributed by atoms with Crippen molar-refractivity contribution in [3.05, 3.63) is 18.0 Å². The molecule has 0 aliphatic heterocycles. The van der Waals surface area contributed by atoms with Crippen LogP contribution in [0.25, 0.3) is 0 Å². The van der Waals surface area contributed by atoms with Gasteiger partial charge in [-0.3, -0.25) is 0 Å². The van der Waals surface area contributed by atoms with Crippen molar-refractivity contribution >= 4 is 10.0 Å². The molecule has 5 nitrogen and oxygen atoms in total. The molecule has 0 bridgehead atoms. The molecule has 0 atom stereocenters. The second kappa shape index (κ2) is 6.28. The van der Waals surface area contributed by atoms with Gasteiger partial charge in [-0.25, -0.2) is 13.1 Å². The molecule has 0 unspecified atom stereocenters. The highest BCUT2D eigenvalue weighted by atomic mass is 32.2. The van der Waals surface area contributed by atoms with Crippen molar-refractivity contribution in [3.8, 4) is 0 Å². The summed E-state index contributed by atoms with van der Waals surface area (Å²) < 4.78 is 29.5. The summed E-state index contributed by atoms with van der Waals surface area (Å²) in [6.07, 6.45) is 3.62. The summed E-state index contributed by atoms with van der Waals surface area (Å²) in [4.78, 5) is 0.381. The Hall–Kier alpha value is -0.850. The summed E-state index contributed by atoms with van der Waals surface area (Å²) in [5, 5.41) is 3.24. The molecule has 114 valence electrons. The van der Waals surface area contributed by atoms with Crippen LogP contribution in [0.3, 0.4) is 0 Å². The van der Waals surface area contributed by atoms with E-state index in [0.717, 1.165) is 31.6 Å². The van der Waals surface area contributed by atoms with Crippen LogP contribution in [0.5, 0.6) is 0 Å². The molecule has 1 aliphatic carbocycles. The van der Waals surface area contributed by atoms with Crippen molar-refractivity contribution in [1.29, 1.82) is 0 Å². The molecule has 1 heterocycles. The van der Waals surface area contributed by atoms with Gasteiger partial charge in [0.15, 0.2) is 0 Å². The van der Waals surface area contributed by atoms with Gasteiger partial charge in [-0.15, -0.1) is 0 Å². The Bertz CT molecular complexity index is 545. The Balaban J connectivity index is 2.12. The first kappa shape index (κ1) is 15.5. The first-order chi connectivity index (χ1) is 9.46. The lowest BCUT2D eigenvalue weighted by Crippen LogP contribution is -2.43. The van der Waals surface area contributed by atoms with E-state index in [0.29, 0.717) is 17.4 Å². The average molecular weight is 299 g/mol. The van der Waals surface area contributed by atoms with Crippen molar-refractivity contribution in [1.82, 2.24) is 14.6 Å². The number of nitrogens with one attached hydrogen (secondary N) is 2. The van der Waals surface area contributed by atoms with Gasteiger partial charge in [0.1, 0.15) is 0 Å². The summed E-state index contributed by atoms with van der Waals surface area (Å²) in [5.74, 6) is 0.632. The van der Waals surface area contributed by atoms with Crippen LogP contribution in [0.4, 0.5) is 0 Å². The number of aromatic nitrogens is 1. The van der Waals surface area contributed by atoms with Crippen molar-refractivity contribution in [2.45, 2.75) is 57.6 Å². The van der Waals surface area contributed by atoms with Crippen molar-refractivity contribution in [3.63, 3.8) is 0 Å². The fourth-order valence-corrected chi connectivity index (χ4v) is 3.98. The predicted molar refractivity (Wildman–Crippen MR) is 80.0 cm³/mol. The van der Waals surface area contributed by atoms with Crippen LogP contribution >= 0.6 is 0 Å². The molecule has 2 rings (SSSR count). The smallest absolute Gasteiger partial charge is 0.242 e. The van der Waals surface area contributed by atoms with Gasteiger partial charge in [0.25, 0.3) is 0 Å². The largest absolute Gasteiger partial charge is 0.349 e. The van der Waals surface area contributed by atoms with E-state index in [-0.39, 0.29) is 6.04 Å². The van der Waals surface area contributed by atoms with E-state index >= 15 is 0 Å². The Morgan fingerprint density at radius 2 is 2.05 bits per heavy atom. The molecule has 6 heteroatoms. The Morgan fingerprint density at radius 3 is 2.60 bits per heavy atom. The van der Waals surface area contributed by atoms with Crippen LogP contribution in [0.15, 0.2) is 17.2 Å². The van der Waals surface area contributed by atoms with Gasteiger partial charge in [0.2, 0.25) is 10.0 Å². The quantitative estimate of drug-likeness (QED) is 0.805.